The van der Waals surface area contributed by atoms with Gasteiger partial charge in [-0.25, -0.2) is 8.42 Å². The number of sulfone groups is 1. The maximum Gasteiger partial charge on any atom is 0.270 e. The minimum Gasteiger partial charge on any atom is -0.494 e. The van der Waals surface area contributed by atoms with Gasteiger partial charge >= 0.3 is 0 Å². The summed E-state index contributed by atoms with van der Waals surface area (Å²) in [6.45, 7) is 5.33. The Morgan fingerprint density at radius 3 is 2.28 bits per heavy atom. The van der Waals surface area contributed by atoms with E-state index < -0.39 is 21.3 Å². The second-order valence-electron chi connectivity index (χ2n) is 7.15. The van der Waals surface area contributed by atoms with Crippen molar-refractivity contribution in [3.8, 4) is 5.75 Å². The van der Waals surface area contributed by atoms with Gasteiger partial charge in [-0.3, -0.25) is 9.59 Å². The van der Waals surface area contributed by atoms with E-state index in [9.17, 15) is 18.0 Å². The van der Waals surface area contributed by atoms with Gasteiger partial charge in [-0.2, -0.15) is 0 Å². The summed E-state index contributed by atoms with van der Waals surface area (Å²) >= 11 is 3.27. The molecule has 0 spiro atoms. The average molecular weight is 519 g/mol. The van der Waals surface area contributed by atoms with Gasteiger partial charge in [0.25, 0.3) is 5.56 Å². The monoisotopic (exact) mass is 518 g/mol. The number of nitrogens with one attached hydrogen (secondary N) is 1. The molecule has 32 heavy (non-hydrogen) atoms. The highest BCUT2D eigenvalue weighted by Gasteiger charge is 2.26. The molecule has 0 fully saturated rings. The summed E-state index contributed by atoms with van der Waals surface area (Å²) in [5.74, 6) is 0.231. The number of amides is 1. The zero-order chi connectivity index (χ0) is 23.5. The number of ether oxygens (including phenoxy) is 1. The molecule has 2 aromatic carbocycles. The Morgan fingerprint density at radius 1 is 1.06 bits per heavy atom. The van der Waals surface area contributed by atoms with E-state index in [0.29, 0.717) is 29.3 Å². The van der Waals surface area contributed by atoms with E-state index in [0.717, 1.165) is 4.47 Å². The van der Waals surface area contributed by atoms with Crippen LogP contribution in [0, 0.1) is 13.8 Å². The Balaban J connectivity index is 1.92. The number of nitrogens with zero attached hydrogens (tertiary/aromatic N) is 1. The van der Waals surface area contributed by atoms with Crippen molar-refractivity contribution in [1.29, 1.82) is 0 Å². The van der Waals surface area contributed by atoms with Gasteiger partial charge in [-0.1, -0.05) is 15.9 Å². The molecule has 0 atom stereocenters. The van der Waals surface area contributed by atoms with E-state index >= 15 is 0 Å². The third-order valence-corrected chi connectivity index (χ3v) is 7.25. The van der Waals surface area contributed by atoms with Crippen LogP contribution < -0.4 is 15.6 Å². The second kappa shape index (κ2) is 9.70. The zero-order valence-electron chi connectivity index (χ0n) is 17.9. The SMILES string of the molecule is CCOc1ccc(NC(=O)Cn2c(C)cc(C)c(S(=O)(=O)c3ccc(Br)cc3)c2=O)cc1. The van der Waals surface area contributed by atoms with E-state index in [1.165, 1.54) is 16.7 Å². The highest BCUT2D eigenvalue weighted by atomic mass is 79.9. The summed E-state index contributed by atoms with van der Waals surface area (Å²) in [6, 6.07) is 14.5. The maximum atomic E-state index is 13.2. The average Bonchev–Trinajstić information content (AvgIpc) is 2.73. The molecule has 168 valence electrons. The summed E-state index contributed by atoms with van der Waals surface area (Å²) in [5.41, 5.74) is 0.633. The molecule has 1 amide bonds. The standard InChI is InChI=1S/C23H23BrN2O5S/c1-4-31-19-9-7-18(8-10-19)25-21(27)14-26-16(3)13-15(2)22(23(26)28)32(29,30)20-11-5-17(24)6-12-20/h5-13H,4,14H2,1-3H3,(H,25,27). The number of hydrogen-bond acceptors (Lipinski definition) is 5. The lowest BCUT2D eigenvalue weighted by Gasteiger charge is -2.15. The van der Waals surface area contributed by atoms with Crippen molar-refractivity contribution in [2.75, 3.05) is 11.9 Å². The van der Waals surface area contributed by atoms with Crippen LogP contribution >= 0.6 is 15.9 Å². The number of rotatable bonds is 7. The van der Waals surface area contributed by atoms with Crippen molar-refractivity contribution in [3.63, 3.8) is 0 Å². The zero-order valence-corrected chi connectivity index (χ0v) is 20.3. The third-order valence-electron chi connectivity index (χ3n) is 4.79. The number of carbonyl (C=O) groups excluding carboxylic acids is 1. The lowest BCUT2D eigenvalue weighted by Crippen LogP contribution is -2.33. The van der Waals surface area contributed by atoms with Crippen LogP contribution in [0.2, 0.25) is 0 Å². The Kier molecular flexibility index (Phi) is 7.20. The fraction of sp³-hybridized carbons (Fsp3) is 0.217. The second-order valence-corrected chi connectivity index (χ2v) is 9.95. The Labute approximate surface area is 195 Å². The summed E-state index contributed by atoms with van der Waals surface area (Å²) < 4.78 is 33.6. The molecule has 7 nitrogen and oxygen atoms in total. The predicted octanol–water partition coefficient (Wildman–Crippen LogP) is 4.10. The summed E-state index contributed by atoms with van der Waals surface area (Å²) in [4.78, 5) is 25.4. The van der Waals surface area contributed by atoms with Gasteiger partial charge < -0.3 is 14.6 Å². The van der Waals surface area contributed by atoms with E-state index in [4.69, 9.17) is 4.74 Å². The van der Waals surface area contributed by atoms with Crippen molar-refractivity contribution in [3.05, 3.63) is 80.7 Å². The molecular weight excluding hydrogens is 496 g/mol. The number of aromatic nitrogens is 1. The third kappa shape index (κ3) is 5.11. The number of pyridine rings is 1. The molecule has 9 heteroatoms. The quantitative estimate of drug-likeness (QED) is 0.508. The minimum atomic E-state index is -4.06. The first-order chi connectivity index (χ1) is 15.1. The molecule has 0 radical (unpaired) electrons. The van der Waals surface area contributed by atoms with E-state index in [-0.39, 0.29) is 16.3 Å². The molecule has 1 heterocycles. The molecule has 3 aromatic rings. The molecular formula is C23H23BrN2O5S. The molecule has 1 N–H and O–H groups in total. The lowest BCUT2D eigenvalue weighted by molar-refractivity contribution is -0.116. The van der Waals surface area contributed by atoms with E-state index in [1.54, 1.807) is 56.3 Å². The first kappa shape index (κ1) is 23.7. The summed E-state index contributed by atoms with van der Waals surface area (Å²) in [7, 11) is -4.06. The minimum absolute atomic E-state index is 0.00939. The van der Waals surface area contributed by atoms with Crippen LogP contribution in [0.15, 0.2) is 73.7 Å². The fourth-order valence-corrected chi connectivity index (χ4v) is 5.13. The van der Waals surface area contributed by atoms with Gasteiger partial charge in [0.1, 0.15) is 17.2 Å². The summed E-state index contributed by atoms with van der Waals surface area (Å²) in [5, 5.41) is 2.72. The fourth-order valence-electron chi connectivity index (χ4n) is 3.31. The van der Waals surface area contributed by atoms with Crippen LogP contribution in [-0.2, 0) is 21.2 Å². The van der Waals surface area contributed by atoms with Crippen LogP contribution in [0.1, 0.15) is 18.2 Å². The van der Waals surface area contributed by atoms with Crippen molar-refractivity contribution < 1.29 is 17.9 Å². The smallest absolute Gasteiger partial charge is 0.270 e. The molecule has 0 bridgehead atoms. The molecule has 0 saturated carbocycles. The normalized spacial score (nSPS) is 11.2. The van der Waals surface area contributed by atoms with Crippen LogP contribution in [-0.4, -0.2) is 25.5 Å². The molecule has 3 rings (SSSR count). The molecule has 0 unspecified atom stereocenters. The maximum absolute atomic E-state index is 13.2. The van der Waals surface area contributed by atoms with Gasteiger partial charge in [0.15, 0.2) is 0 Å². The predicted molar refractivity (Wildman–Crippen MR) is 126 cm³/mol. The lowest BCUT2D eigenvalue weighted by atomic mass is 10.2. The van der Waals surface area contributed by atoms with Crippen molar-refractivity contribution in [2.45, 2.75) is 37.1 Å². The number of halogens is 1. The number of anilines is 1. The Morgan fingerprint density at radius 2 is 1.69 bits per heavy atom. The highest BCUT2D eigenvalue weighted by molar-refractivity contribution is 9.10. The number of carbonyl (C=O) groups is 1. The van der Waals surface area contributed by atoms with Crippen LogP contribution in [0.5, 0.6) is 5.75 Å². The Bertz CT molecular complexity index is 1300. The topological polar surface area (TPSA) is 94.5 Å². The molecule has 0 saturated heterocycles. The van der Waals surface area contributed by atoms with Crippen LogP contribution in [0.4, 0.5) is 5.69 Å². The van der Waals surface area contributed by atoms with Gasteiger partial charge in [0.2, 0.25) is 15.7 Å². The highest BCUT2D eigenvalue weighted by Crippen LogP contribution is 2.23. The Hall–Kier alpha value is -2.91. The summed E-state index contributed by atoms with van der Waals surface area (Å²) in [6.07, 6.45) is 0. The molecule has 0 aliphatic rings. The van der Waals surface area contributed by atoms with E-state index in [2.05, 4.69) is 21.2 Å². The first-order valence-electron chi connectivity index (χ1n) is 9.88. The van der Waals surface area contributed by atoms with Crippen LogP contribution in [0.25, 0.3) is 0 Å². The molecule has 0 aliphatic carbocycles. The number of aryl methyl sites for hydroxylation is 2. The number of benzene rings is 2. The van der Waals surface area contributed by atoms with Gasteiger partial charge in [-0.05, 0) is 80.9 Å². The van der Waals surface area contributed by atoms with Crippen LogP contribution in [0.3, 0.4) is 0 Å². The van der Waals surface area contributed by atoms with Gasteiger partial charge in [0, 0.05) is 15.9 Å². The molecule has 0 aliphatic heterocycles. The largest absolute Gasteiger partial charge is 0.494 e. The van der Waals surface area contributed by atoms with Gasteiger partial charge in [0.05, 0.1) is 11.5 Å². The first-order valence-corrected chi connectivity index (χ1v) is 12.2. The van der Waals surface area contributed by atoms with Crippen molar-refractivity contribution in [1.82, 2.24) is 4.57 Å². The van der Waals surface area contributed by atoms with Gasteiger partial charge in [-0.15, -0.1) is 0 Å². The van der Waals surface area contributed by atoms with Crippen molar-refractivity contribution >= 4 is 37.4 Å². The van der Waals surface area contributed by atoms with Crippen molar-refractivity contribution in [2.24, 2.45) is 0 Å². The molecule has 1 aromatic heterocycles. The number of hydrogen-bond donors (Lipinski definition) is 1. The van der Waals surface area contributed by atoms with E-state index in [1.807, 2.05) is 6.92 Å².